The molecule has 3 amide bonds. The molecule has 5 atom stereocenters. The van der Waals surface area contributed by atoms with E-state index in [-0.39, 0.29) is 18.3 Å². The van der Waals surface area contributed by atoms with Gasteiger partial charge in [0.2, 0.25) is 17.7 Å². The third-order valence-corrected chi connectivity index (χ3v) is 7.46. The molecule has 11 heteroatoms. The van der Waals surface area contributed by atoms with Crippen molar-refractivity contribution >= 4 is 46.4 Å². The molecule has 0 aliphatic carbocycles. The van der Waals surface area contributed by atoms with Crippen molar-refractivity contribution in [3.8, 4) is 0 Å². The van der Waals surface area contributed by atoms with Gasteiger partial charge in [0.25, 0.3) is 0 Å². The molecule has 5 unspecified atom stereocenters. The maximum Gasteiger partial charge on any atom is 0.326 e. The first-order valence-corrected chi connectivity index (χ1v) is 14.8. The van der Waals surface area contributed by atoms with E-state index >= 15 is 0 Å². The number of carboxylic acids is 1. The highest BCUT2D eigenvalue weighted by Crippen LogP contribution is 2.19. The Morgan fingerprint density at radius 1 is 1.00 bits per heavy atom. The summed E-state index contributed by atoms with van der Waals surface area (Å²) < 4.78 is 0. The van der Waals surface area contributed by atoms with Crippen molar-refractivity contribution in [2.45, 2.75) is 77.5 Å². The standard InChI is InChI=1S/C28H43N5O5S/c1-6-17(4)24(33-26(35)22(13-16(2)3)31-25(34)20(29)11-12-39-5)27(36)32-23(28(37)38)14-18-15-30-21-10-8-7-9-19(18)21/h7-10,15-17,20,22-24,30H,6,11-14,29H2,1-5H3,(H,31,34)(H,32,36)(H,33,35)(H,37,38). The average Bonchev–Trinajstić information content (AvgIpc) is 3.31. The summed E-state index contributed by atoms with van der Waals surface area (Å²) >= 11 is 1.58. The minimum Gasteiger partial charge on any atom is -0.480 e. The fourth-order valence-electron chi connectivity index (χ4n) is 4.30. The molecule has 0 bridgehead atoms. The zero-order valence-corrected chi connectivity index (χ0v) is 24.3. The number of hydrogen-bond acceptors (Lipinski definition) is 6. The highest BCUT2D eigenvalue weighted by molar-refractivity contribution is 7.98. The topological polar surface area (TPSA) is 166 Å². The summed E-state index contributed by atoms with van der Waals surface area (Å²) in [4.78, 5) is 54.6. The summed E-state index contributed by atoms with van der Waals surface area (Å²) in [5, 5.41) is 18.9. The zero-order valence-electron chi connectivity index (χ0n) is 23.5. The van der Waals surface area contributed by atoms with Gasteiger partial charge < -0.3 is 31.8 Å². The number of H-pyrrole nitrogens is 1. The Bertz CT molecular complexity index is 1120. The van der Waals surface area contributed by atoms with E-state index in [1.807, 2.05) is 58.2 Å². The van der Waals surface area contributed by atoms with Crippen molar-refractivity contribution in [1.82, 2.24) is 20.9 Å². The molecule has 7 N–H and O–H groups in total. The number of fused-ring (bicyclic) bond motifs is 1. The SMILES string of the molecule is CCC(C)C(NC(=O)C(CC(C)C)NC(=O)C(N)CCSC)C(=O)NC(Cc1c[nH]c2ccccc12)C(=O)O. The molecule has 216 valence electrons. The van der Waals surface area contributed by atoms with Crippen LogP contribution in [0.15, 0.2) is 30.5 Å². The first kappa shape index (κ1) is 32.2. The van der Waals surface area contributed by atoms with Crippen LogP contribution in [0.25, 0.3) is 10.9 Å². The lowest BCUT2D eigenvalue weighted by Gasteiger charge is -2.28. The number of para-hydroxylation sites is 1. The zero-order chi connectivity index (χ0) is 29.1. The fourth-order valence-corrected chi connectivity index (χ4v) is 4.78. The third kappa shape index (κ3) is 9.58. The number of carbonyl (C=O) groups is 4. The third-order valence-electron chi connectivity index (χ3n) is 6.82. The minimum absolute atomic E-state index is 0.0756. The van der Waals surface area contributed by atoms with Crippen molar-refractivity contribution in [2.75, 3.05) is 12.0 Å². The largest absolute Gasteiger partial charge is 0.480 e. The first-order valence-electron chi connectivity index (χ1n) is 13.4. The van der Waals surface area contributed by atoms with Gasteiger partial charge in [0.15, 0.2) is 0 Å². The number of carboxylic acid groups (broad SMARTS) is 1. The second kappa shape index (κ2) is 15.5. The van der Waals surface area contributed by atoms with Crippen molar-refractivity contribution in [3.63, 3.8) is 0 Å². The van der Waals surface area contributed by atoms with Crippen LogP contribution in [0, 0.1) is 11.8 Å². The molecule has 0 saturated carbocycles. The van der Waals surface area contributed by atoms with Crippen LogP contribution in [0.1, 0.15) is 52.5 Å². The molecule has 10 nitrogen and oxygen atoms in total. The van der Waals surface area contributed by atoms with Gasteiger partial charge in [-0.05, 0) is 48.3 Å². The summed E-state index contributed by atoms with van der Waals surface area (Å²) in [5.74, 6) is -2.15. The summed E-state index contributed by atoms with van der Waals surface area (Å²) in [6.45, 7) is 7.56. The Kier molecular flexibility index (Phi) is 12.8. The van der Waals surface area contributed by atoms with Crippen LogP contribution in [-0.2, 0) is 25.6 Å². The molecule has 1 aromatic heterocycles. The molecule has 2 aromatic rings. The van der Waals surface area contributed by atoms with Crippen molar-refractivity contribution in [2.24, 2.45) is 17.6 Å². The highest BCUT2D eigenvalue weighted by Gasteiger charge is 2.33. The molecular formula is C28H43N5O5S. The average molecular weight is 562 g/mol. The van der Waals surface area contributed by atoms with Crippen molar-refractivity contribution in [3.05, 3.63) is 36.0 Å². The summed E-state index contributed by atoms with van der Waals surface area (Å²) in [5.41, 5.74) is 7.63. The predicted octanol–water partition coefficient (Wildman–Crippen LogP) is 2.42. The van der Waals surface area contributed by atoms with Crippen LogP contribution in [0.2, 0.25) is 0 Å². The van der Waals surface area contributed by atoms with Crippen molar-refractivity contribution in [1.29, 1.82) is 0 Å². The van der Waals surface area contributed by atoms with E-state index in [1.54, 1.807) is 18.0 Å². The van der Waals surface area contributed by atoms with Crippen LogP contribution in [0.4, 0.5) is 0 Å². The predicted molar refractivity (Wildman–Crippen MR) is 155 cm³/mol. The molecular weight excluding hydrogens is 518 g/mol. The molecule has 0 radical (unpaired) electrons. The van der Waals surface area contributed by atoms with Gasteiger partial charge in [-0.25, -0.2) is 4.79 Å². The number of aromatic nitrogens is 1. The van der Waals surface area contributed by atoms with E-state index in [2.05, 4.69) is 20.9 Å². The van der Waals surface area contributed by atoms with Gasteiger partial charge in [-0.1, -0.05) is 52.3 Å². The lowest BCUT2D eigenvalue weighted by atomic mass is 9.96. The van der Waals surface area contributed by atoms with Crippen LogP contribution >= 0.6 is 11.8 Å². The highest BCUT2D eigenvalue weighted by atomic mass is 32.2. The Hall–Kier alpha value is -3.05. The number of nitrogens with two attached hydrogens (primary N) is 1. The van der Waals surface area contributed by atoms with Gasteiger partial charge in [-0.3, -0.25) is 14.4 Å². The molecule has 1 heterocycles. The van der Waals surface area contributed by atoms with Gasteiger partial charge in [0.05, 0.1) is 6.04 Å². The van der Waals surface area contributed by atoms with E-state index in [4.69, 9.17) is 5.73 Å². The fraction of sp³-hybridized carbons (Fsp3) is 0.571. The maximum atomic E-state index is 13.4. The lowest BCUT2D eigenvalue weighted by molar-refractivity contribution is -0.142. The smallest absolute Gasteiger partial charge is 0.326 e. The number of amides is 3. The number of benzene rings is 1. The van der Waals surface area contributed by atoms with Gasteiger partial charge in [-0.2, -0.15) is 11.8 Å². The van der Waals surface area contributed by atoms with Gasteiger partial charge in [0, 0.05) is 23.5 Å². The molecule has 0 fully saturated rings. The van der Waals surface area contributed by atoms with E-state index in [0.29, 0.717) is 19.3 Å². The van der Waals surface area contributed by atoms with Crippen LogP contribution in [0.5, 0.6) is 0 Å². The van der Waals surface area contributed by atoms with Crippen LogP contribution < -0.4 is 21.7 Å². The molecule has 2 rings (SSSR count). The number of rotatable bonds is 16. The molecule has 0 aliphatic rings. The quantitative estimate of drug-likeness (QED) is 0.183. The second-order valence-corrected chi connectivity index (χ2v) is 11.4. The molecule has 39 heavy (non-hydrogen) atoms. The van der Waals surface area contributed by atoms with E-state index < -0.39 is 47.9 Å². The van der Waals surface area contributed by atoms with E-state index in [9.17, 15) is 24.3 Å². The number of aromatic amines is 1. The van der Waals surface area contributed by atoms with Crippen LogP contribution in [0.3, 0.4) is 0 Å². The number of carbonyl (C=O) groups excluding carboxylic acids is 3. The Morgan fingerprint density at radius 2 is 1.67 bits per heavy atom. The molecule has 0 aliphatic heterocycles. The lowest BCUT2D eigenvalue weighted by Crippen LogP contribution is -2.59. The molecule has 0 spiro atoms. The van der Waals surface area contributed by atoms with E-state index in [1.165, 1.54) is 0 Å². The monoisotopic (exact) mass is 561 g/mol. The number of hydrogen-bond donors (Lipinski definition) is 6. The normalized spacial score (nSPS) is 15.3. The summed E-state index contributed by atoms with van der Waals surface area (Å²) in [6, 6.07) is 3.73. The second-order valence-electron chi connectivity index (χ2n) is 10.4. The number of thioether (sulfide) groups is 1. The maximum absolute atomic E-state index is 13.4. The molecule has 1 aromatic carbocycles. The van der Waals surface area contributed by atoms with Crippen molar-refractivity contribution < 1.29 is 24.3 Å². The summed E-state index contributed by atoms with van der Waals surface area (Å²) in [6.07, 6.45) is 5.15. The van der Waals surface area contributed by atoms with Crippen LogP contribution in [-0.4, -0.2) is 70.0 Å². The molecule has 0 saturated heterocycles. The van der Waals surface area contributed by atoms with Gasteiger partial charge in [0.1, 0.15) is 18.1 Å². The van der Waals surface area contributed by atoms with Gasteiger partial charge in [-0.15, -0.1) is 0 Å². The Morgan fingerprint density at radius 3 is 2.28 bits per heavy atom. The van der Waals surface area contributed by atoms with Gasteiger partial charge >= 0.3 is 5.97 Å². The first-order chi connectivity index (χ1) is 18.5. The van der Waals surface area contributed by atoms with E-state index in [0.717, 1.165) is 22.2 Å². The Labute approximate surface area is 234 Å². The number of nitrogens with one attached hydrogen (secondary N) is 4. The minimum atomic E-state index is -1.19. The summed E-state index contributed by atoms with van der Waals surface area (Å²) in [7, 11) is 0. The number of aliphatic carboxylic acids is 1. The Balaban J connectivity index is 2.18.